The summed E-state index contributed by atoms with van der Waals surface area (Å²) in [6, 6.07) is 4.20. The van der Waals surface area contributed by atoms with Crippen molar-refractivity contribution in [1.29, 1.82) is 0 Å². The van der Waals surface area contributed by atoms with E-state index in [0.717, 1.165) is 24.8 Å². The Morgan fingerprint density at radius 1 is 1.44 bits per heavy atom. The van der Waals surface area contributed by atoms with Crippen LogP contribution < -0.4 is 10.2 Å². The first-order valence-corrected chi connectivity index (χ1v) is 5.94. The third-order valence-electron chi connectivity index (χ3n) is 2.62. The van der Waals surface area contributed by atoms with E-state index in [-0.39, 0.29) is 0 Å². The van der Waals surface area contributed by atoms with Gasteiger partial charge in [0.2, 0.25) is 0 Å². The van der Waals surface area contributed by atoms with Crippen molar-refractivity contribution in [2.24, 2.45) is 5.92 Å². The largest absolute Gasteiger partial charge is 0.360 e. The van der Waals surface area contributed by atoms with E-state index in [0.29, 0.717) is 0 Å². The van der Waals surface area contributed by atoms with Gasteiger partial charge in [0.25, 0.3) is 0 Å². The van der Waals surface area contributed by atoms with Crippen molar-refractivity contribution >= 4 is 5.82 Å². The molecule has 0 aromatic carbocycles. The third kappa shape index (κ3) is 4.19. The molecule has 1 rings (SSSR count). The molecule has 0 aliphatic heterocycles. The van der Waals surface area contributed by atoms with Gasteiger partial charge >= 0.3 is 0 Å². The van der Waals surface area contributed by atoms with Gasteiger partial charge in [-0.15, -0.1) is 0 Å². The van der Waals surface area contributed by atoms with Crippen LogP contribution in [-0.2, 0) is 6.54 Å². The van der Waals surface area contributed by atoms with Gasteiger partial charge in [-0.05, 0) is 37.1 Å². The minimum atomic E-state index is 0.739. The molecule has 0 radical (unpaired) electrons. The van der Waals surface area contributed by atoms with Crippen LogP contribution in [0.1, 0.15) is 25.8 Å². The SMILES string of the molecule is CNCc1ccnc(N(C)CCC(C)C)c1. The molecule has 0 aliphatic rings. The molecule has 0 atom stereocenters. The first kappa shape index (κ1) is 13.0. The van der Waals surface area contributed by atoms with E-state index in [1.807, 2.05) is 13.2 Å². The van der Waals surface area contributed by atoms with Gasteiger partial charge in [-0.1, -0.05) is 13.8 Å². The van der Waals surface area contributed by atoms with Gasteiger partial charge in [-0.3, -0.25) is 0 Å². The summed E-state index contributed by atoms with van der Waals surface area (Å²) in [7, 11) is 4.07. The average molecular weight is 221 g/mol. The molecule has 0 aliphatic carbocycles. The van der Waals surface area contributed by atoms with Crippen LogP contribution in [0.25, 0.3) is 0 Å². The molecule has 1 heterocycles. The van der Waals surface area contributed by atoms with Crippen LogP contribution in [0.4, 0.5) is 5.82 Å². The molecule has 0 saturated carbocycles. The van der Waals surface area contributed by atoms with Gasteiger partial charge in [-0.2, -0.15) is 0 Å². The fourth-order valence-corrected chi connectivity index (χ4v) is 1.55. The molecule has 0 bridgehead atoms. The smallest absolute Gasteiger partial charge is 0.128 e. The fourth-order valence-electron chi connectivity index (χ4n) is 1.55. The zero-order chi connectivity index (χ0) is 12.0. The van der Waals surface area contributed by atoms with Crippen molar-refractivity contribution in [2.75, 3.05) is 25.5 Å². The maximum atomic E-state index is 4.40. The van der Waals surface area contributed by atoms with Crippen molar-refractivity contribution in [3.63, 3.8) is 0 Å². The summed E-state index contributed by atoms with van der Waals surface area (Å²) >= 11 is 0. The number of nitrogens with one attached hydrogen (secondary N) is 1. The lowest BCUT2D eigenvalue weighted by Crippen LogP contribution is -2.21. The van der Waals surface area contributed by atoms with E-state index in [1.54, 1.807) is 0 Å². The maximum Gasteiger partial charge on any atom is 0.128 e. The molecule has 0 fully saturated rings. The first-order valence-electron chi connectivity index (χ1n) is 5.94. The van der Waals surface area contributed by atoms with Crippen LogP contribution >= 0.6 is 0 Å². The van der Waals surface area contributed by atoms with Crippen LogP contribution in [0.2, 0.25) is 0 Å². The Morgan fingerprint density at radius 3 is 2.81 bits per heavy atom. The standard InChI is InChI=1S/C13H23N3/c1-11(2)6-8-16(4)13-9-12(10-14-3)5-7-15-13/h5,7,9,11,14H,6,8,10H2,1-4H3. The van der Waals surface area contributed by atoms with Gasteiger partial charge in [0.05, 0.1) is 0 Å². The van der Waals surface area contributed by atoms with Gasteiger partial charge in [0, 0.05) is 26.3 Å². The van der Waals surface area contributed by atoms with E-state index in [2.05, 4.69) is 48.2 Å². The predicted octanol–water partition coefficient (Wildman–Crippen LogP) is 2.28. The molecule has 1 aromatic rings. The molecular formula is C13H23N3. The topological polar surface area (TPSA) is 28.2 Å². The van der Waals surface area contributed by atoms with Gasteiger partial charge in [0.15, 0.2) is 0 Å². The second-order valence-corrected chi connectivity index (χ2v) is 4.66. The lowest BCUT2D eigenvalue weighted by Gasteiger charge is -2.19. The molecule has 1 N–H and O–H groups in total. The Balaban J connectivity index is 2.60. The van der Waals surface area contributed by atoms with Gasteiger partial charge < -0.3 is 10.2 Å². The molecule has 90 valence electrons. The molecule has 16 heavy (non-hydrogen) atoms. The highest BCUT2D eigenvalue weighted by molar-refractivity contribution is 5.39. The Kier molecular flexibility index (Phi) is 5.26. The van der Waals surface area contributed by atoms with E-state index in [9.17, 15) is 0 Å². The molecule has 3 heteroatoms. The fraction of sp³-hybridized carbons (Fsp3) is 0.615. The lowest BCUT2D eigenvalue weighted by molar-refractivity contribution is 0.583. The molecular weight excluding hydrogens is 198 g/mol. The Labute approximate surface area is 98.9 Å². The highest BCUT2D eigenvalue weighted by atomic mass is 15.2. The van der Waals surface area contributed by atoms with Crippen molar-refractivity contribution in [3.8, 4) is 0 Å². The van der Waals surface area contributed by atoms with Crippen molar-refractivity contribution < 1.29 is 0 Å². The van der Waals surface area contributed by atoms with Crippen LogP contribution in [0.3, 0.4) is 0 Å². The number of hydrogen-bond donors (Lipinski definition) is 1. The number of anilines is 1. The summed E-state index contributed by atoms with van der Waals surface area (Å²) < 4.78 is 0. The highest BCUT2D eigenvalue weighted by Crippen LogP contribution is 2.12. The minimum absolute atomic E-state index is 0.739. The number of hydrogen-bond acceptors (Lipinski definition) is 3. The Bertz CT molecular complexity index is 310. The number of rotatable bonds is 6. The monoisotopic (exact) mass is 221 g/mol. The van der Waals surface area contributed by atoms with Crippen molar-refractivity contribution in [2.45, 2.75) is 26.8 Å². The molecule has 3 nitrogen and oxygen atoms in total. The molecule has 0 unspecified atom stereocenters. The van der Waals surface area contributed by atoms with Crippen molar-refractivity contribution in [1.82, 2.24) is 10.3 Å². The van der Waals surface area contributed by atoms with Gasteiger partial charge in [-0.25, -0.2) is 4.98 Å². The second kappa shape index (κ2) is 6.48. The van der Waals surface area contributed by atoms with Crippen molar-refractivity contribution in [3.05, 3.63) is 23.9 Å². The summed E-state index contributed by atoms with van der Waals surface area (Å²) in [5, 5.41) is 3.15. The van der Waals surface area contributed by atoms with Gasteiger partial charge in [0.1, 0.15) is 5.82 Å². The third-order valence-corrected chi connectivity index (χ3v) is 2.62. The number of pyridine rings is 1. The van der Waals surface area contributed by atoms with Crippen LogP contribution in [0, 0.1) is 5.92 Å². The summed E-state index contributed by atoms with van der Waals surface area (Å²) in [5.74, 6) is 1.80. The molecule has 0 spiro atoms. The van der Waals surface area contributed by atoms with E-state index in [4.69, 9.17) is 0 Å². The van der Waals surface area contributed by atoms with E-state index >= 15 is 0 Å². The lowest BCUT2D eigenvalue weighted by atomic mass is 10.1. The van der Waals surface area contributed by atoms with E-state index in [1.165, 1.54) is 12.0 Å². The summed E-state index contributed by atoms with van der Waals surface area (Å²) in [5.41, 5.74) is 1.28. The van der Waals surface area contributed by atoms with Crippen LogP contribution in [-0.4, -0.2) is 25.6 Å². The summed E-state index contributed by atoms with van der Waals surface area (Å²) in [6.45, 7) is 6.46. The molecule has 1 aromatic heterocycles. The second-order valence-electron chi connectivity index (χ2n) is 4.66. The molecule has 0 saturated heterocycles. The normalized spacial score (nSPS) is 10.8. The Hall–Kier alpha value is -1.09. The van der Waals surface area contributed by atoms with Crippen LogP contribution in [0.5, 0.6) is 0 Å². The zero-order valence-corrected chi connectivity index (χ0v) is 10.8. The maximum absolute atomic E-state index is 4.40. The first-order chi connectivity index (χ1) is 7.63. The van der Waals surface area contributed by atoms with E-state index < -0.39 is 0 Å². The minimum Gasteiger partial charge on any atom is -0.360 e. The highest BCUT2D eigenvalue weighted by Gasteiger charge is 2.04. The average Bonchev–Trinajstić information content (AvgIpc) is 2.26. The van der Waals surface area contributed by atoms with Crippen LogP contribution in [0.15, 0.2) is 18.3 Å². The quantitative estimate of drug-likeness (QED) is 0.799. The summed E-state index contributed by atoms with van der Waals surface area (Å²) in [6.07, 6.45) is 3.09. The molecule has 0 amide bonds. The zero-order valence-electron chi connectivity index (χ0n) is 10.8. The number of nitrogens with zero attached hydrogens (tertiary/aromatic N) is 2. The summed E-state index contributed by atoms with van der Waals surface area (Å²) in [4.78, 5) is 6.62. The Morgan fingerprint density at radius 2 is 2.19 bits per heavy atom. The number of aromatic nitrogens is 1. The predicted molar refractivity (Wildman–Crippen MR) is 69.7 cm³/mol.